The Bertz CT molecular complexity index is 437. The minimum Gasteiger partial charge on any atom is -0.490 e. The predicted octanol–water partition coefficient (Wildman–Crippen LogP) is 2.83. The molecule has 0 radical (unpaired) electrons. The number of rotatable bonds is 3. The normalized spacial score (nSPS) is 19.9. The van der Waals surface area contributed by atoms with Gasteiger partial charge in [-0.25, -0.2) is 0 Å². The molecule has 3 heteroatoms. The van der Waals surface area contributed by atoms with E-state index in [2.05, 4.69) is 0 Å². The first-order chi connectivity index (χ1) is 7.99. The Morgan fingerprint density at radius 3 is 2.76 bits per heavy atom. The first-order valence-electron chi connectivity index (χ1n) is 6.01. The Morgan fingerprint density at radius 2 is 2.18 bits per heavy atom. The van der Waals surface area contributed by atoms with E-state index in [1.165, 1.54) is 0 Å². The summed E-state index contributed by atoms with van der Waals surface area (Å²) < 4.78 is 5.62. The summed E-state index contributed by atoms with van der Waals surface area (Å²) in [6, 6.07) is 5.75. The predicted molar refractivity (Wildman–Crippen MR) is 65.5 cm³/mol. The van der Waals surface area contributed by atoms with Crippen LogP contribution in [0.25, 0.3) is 0 Å². The van der Waals surface area contributed by atoms with Gasteiger partial charge in [0.2, 0.25) is 0 Å². The number of fused-ring (bicyclic) bond motifs is 1. The number of carbonyl (C=O) groups is 1. The van der Waals surface area contributed by atoms with Crippen molar-refractivity contribution in [3.05, 3.63) is 29.3 Å². The van der Waals surface area contributed by atoms with E-state index >= 15 is 0 Å². The SMILES string of the molecule is CC1Cc2cc(C(C(=O)O)C(C)C)ccc2O1. The molecule has 1 aliphatic rings. The summed E-state index contributed by atoms with van der Waals surface area (Å²) in [4.78, 5) is 11.3. The largest absolute Gasteiger partial charge is 0.490 e. The van der Waals surface area contributed by atoms with Crippen LogP contribution in [-0.2, 0) is 11.2 Å². The molecule has 1 aliphatic heterocycles. The van der Waals surface area contributed by atoms with Gasteiger partial charge in [-0.3, -0.25) is 4.79 Å². The molecule has 0 aromatic heterocycles. The van der Waals surface area contributed by atoms with Gasteiger partial charge in [0.1, 0.15) is 11.9 Å². The van der Waals surface area contributed by atoms with Gasteiger partial charge in [-0.05, 0) is 30.0 Å². The van der Waals surface area contributed by atoms with Gasteiger partial charge in [-0.2, -0.15) is 0 Å². The fourth-order valence-electron chi connectivity index (χ4n) is 2.45. The molecule has 0 saturated heterocycles. The van der Waals surface area contributed by atoms with Crippen LogP contribution in [0.15, 0.2) is 18.2 Å². The van der Waals surface area contributed by atoms with Crippen LogP contribution in [0, 0.1) is 5.92 Å². The first kappa shape index (κ1) is 12.0. The third kappa shape index (κ3) is 2.28. The van der Waals surface area contributed by atoms with Gasteiger partial charge in [-0.1, -0.05) is 26.0 Å². The standard InChI is InChI=1S/C14H18O3/c1-8(2)13(14(15)16)10-4-5-12-11(7-10)6-9(3)17-12/h4-5,7-9,13H,6H2,1-3H3,(H,15,16). The number of aliphatic carboxylic acids is 1. The van der Waals surface area contributed by atoms with Crippen molar-refractivity contribution in [2.75, 3.05) is 0 Å². The maximum Gasteiger partial charge on any atom is 0.311 e. The molecular formula is C14H18O3. The molecule has 2 unspecified atom stereocenters. The molecule has 3 nitrogen and oxygen atoms in total. The van der Waals surface area contributed by atoms with Crippen molar-refractivity contribution in [1.29, 1.82) is 0 Å². The molecular weight excluding hydrogens is 216 g/mol. The second kappa shape index (κ2) is 4.40. The van der Waals surface area contributed by atoms with Crippen molar-refractivity contribution in [1.82, 2.24) is 0 Å². The van der Waals surface area contributed by atoms with Crippen LogP contribution in [0.2, 0.25) is 0 Å². The Kier molecular flexibility index (Phi) is 3.09. The smallest absolute Gasteiger partial charge is 0.311 e. The fraction of sp³-hybridized carbons (Fsp3) is 0.500. The lowest BCUT2D eigenvalue weighted by Gasteiger charge is -2.17. The van der Waals surface area contributed by atoms with Crippen LogP contribution < -0.4 is 4.74 Å². The van der Waals surface area contributed by atoms with E-state index in [1.807, 2.05) is 39.0 Å². The molecule has 2 rings (SSSR count). The Labute approximate surface area is 101 Å². The second-order valence-corrected chi connectivity index (χ2v) is 5.06. The number of carboxylic acid groups (broad SMARTS) is 1. The van der Waals surface area contributed by atoms with E-state index in [9.17, 15) is 9.90 Å². The van der Waals surface area contributed by atoms with E-state index in [4.69, 9.17) is 4.74 Å². The van der Waals surface area contributed by atoms with Crippen LogP contribution in [0.1, 0.15) is 37.8 Å². The summed E-state index contributed by atoms with van der Waals surface area (Å²) >= 11 is 0. The molecule has 0 fully saturated rings. The molecule has 17 heavy (non-hydrogen) atoms. The lowest BCUT2D eigenvalue weighted by molar-refractivity contribution is -0.139. The molecule has 92 valence electrons. The minimum absolute atomic E-state index is 0.0882. The number of carboxylic acids is 1. The van der Waals surface area contributed by atoms with Crippen molar-refractivity contribution in [3.63, 3.8) is 0 Å². The molecule has 1 aromatic rings. The number of benzene rings is 1. The van der Waals surface area contributed by atoms with E-state index in [-0.39, 0.29) is 12.0 Å². The maximum atomic E-state index is 11.3. The first-order valence-corrected chi connectivity index (χ1v) is 6.01. The van der Waals surface area contributed by atoms with Gasteiger partial charge in [0.15, 0.2) is 0 Å². The second-order valence-electron chi connectivity index (χ2n) is 5.06. The molecule has 0 bridgehead atoms. The van der Waals surface area contributed by atoms with Gasteiger partial charge in [0, 0.05) is 6.42 Å². The van der Waals surface area contributed by atoms with E-state index < -0.39 is 11.9 Å². The van der Waals surface area contributed by atoms with Gasteiger partial charge < -0.3 is 9.84 Å². The van der Waals surface area contributed by atoms with Crippen LogP contribution in [0.3, 0.4) is 0 Å². The van der Waals surface area contributed by atoms with Gasteiger partial charge in [-0.15, -0.1) is 0 Å². The minimum atomic E-state index is -0.757. The topological polar surface area (TPSA) is 46.5 Å². The molecule has 0 saturated carbocycles. The van der Waals surface area contributed by atoms with Gasteiger partial charge in [0.05, 0.1) is 5.92 Å². The Morgan fingerprint density at radius 1 is 1.47 bits per heavy atom. The number of hydrogen-bond donors (Lipinski definition) is 1. The zero-order chi connectivity index (χ0) is 12.6. The van der Waals surface area contributed by atoms with E-state index in [0.29, 0.717) is 0 Å². The third-order valence-electron chi connectivity index (χ3n) is 3.21. The summed E-state index contributed by atoms with van der Waals surface area (Å²) in [5, 5.41) is 9.27. The van der Waals surface area contributed by atoms with E-state index in [0.717, 1.165) is 23.3 Å². The van der Waals surface area contributed by atoms with Crippen molar-refractivity contribution in [2.24, 2.45) is 5.92 Å². The summed E-state index contributed by atoms with van der Waals surface area (Å²) in [5.74, 6) is -0.206. The van der Waals surface area contributed by atoms with Crippen molar-refractivity contribution in [2.45, 2.75) is 39.2 Å². The quantitative estimate of drug-likeness (QED) is 0.874. The Hall–Kier alpha value is -1.51. The van der Waals surface area contributed by atoms with Crippen LogP contribution >= 0.6 is 0 Å². The third-order valence-corrected chi connectivity index (χ3v) is 3.21. The molecule has 1 heterocycles. The number of ether oxygens (including phenoxy) is 1. The van der Waals surface area contributed by atoms with Crippen molar-refractivity contribution >= 4 is 5.97 Å². The average Bonchev–Trinajstić information content (AvgIpc) is 2.56. The van der Waals surface area contributed by atoms with Crippen LogP contribution in [0.5, 0.6) is 5.75 Å². The average molecular weight is 234 g/mol. The number of hydrogen-bond acceptors (Lipinski definition) is 2. The molecule has 1 aromatic carbocycles. The van der Waals surface area contributed by atoms with Gasteiger partial charge in [0.25, 0.3) is 0 Å². The molecule has 0 spiro atoms. The molecule has 2 atom stereocenters. The van der Waals surface area contributed by atoms with Gasteiger partial charge >= 0.3 is 5.97 Å². The Balaban J connectivity index is 2.34. The summed E-state index contributed by atoms with van der Waals surface area (Å²) in [7, 11) is 0. The molecule has 0 aliphatic carbocycles. The maximum absolute atomic E-state index is 11.3. The summed E-state index contributed by atoms with van der Waals surface area (Å²) in [5.41, 5.74) is 2.01. The highest BCUT2D eigenvalue weighted by atomic mass is 16.5. The highest BCUT2D eigenvalue weighted by Gasteiger charge is 2.26. The van der Waals surface area contributed by atoms with Crippen molar-refractivity contribution < 1.29 is 14.6 Å². The highest BCUT2D eigenvalue weighted by Crippen LogP contribution is 2.33. The summed E-state index contributed by atoms with van der Waals surface area (Å²) in [6.45, 7) is 5.90. The zero-order valence-electron chi connectivity index (χ0n) is 10.4. The van der Waals surface area contributed by atoms with Crippen LogP contribution in [-0.4, -0.2) is 17.2 Å². The molecule has 1 N–H and O–H groups in total. The summed E-state index contributed by atoms with van der Waals surface area (Å²) in [6.07, 6.45) is 1.07. The lowest BCUT2D eigenvalue weighted by Crippen LogP contribution is -2.17. The zero-order valence-corrected chi connectivity index (χ0v) is 10.4. The van der Waals surface area contributed by atoms with Crippen LogP contribution in [0.4, 0.5) is 0 Å². The van der Waals surface area contributed by atoms with Crippen molar-refractivity contribution in [3.8, 4) is 5.75 Å². The lowest BCUT2D eigenvalue weighted by atomic mass is 9.87. The monoisotopic (exact) mass is 234 g/mol. The molecule has 0 amide bonds. The van der Waals surface area contributed by atoms with E-state index in [1.54, 1.807) is 0 Å². The highest BCUT2D eigenvalue weighted by molar-refractivity contribution is 5.76. The fourth-order valence-corrected chi connectivity index (χ4v) is 2.45.